The van der Waals surface area contributed by atoms with Gasteiger partial charge in [0.2, 0.25) is 0 Å². The quantitative estimate of drug-likeness (QED) is 0.500. The highest BCUT2D eigenvalue weighted by molar-refractivity contribution is 6.05. The van der Waals surface area contributed by atoms with Crippen LogP contribution in [0.25, 0.3) is 0 Å². The first kappa shape index (κ1) is 17.3. The van der Waals surface area contributed by atoms with Crippen molar-refractivity contribution in [3.63, 3.8) is 0 Å². The van der Waals surface area contributed by atoms with Crippen LogP contribution in [0, 0.1) is 10.1 Å². The van der Waals surface area contributed by atoms with E-state index < -0.39 is 10.8 Å². The number of nitro groups is 1. The van der Waals surface area contributed by atoms with Gasteiger partial charge in [0.1, 0.15) is 0 Å². The first-order valence-electron chi connectivity index (χ1n) is 7.20. The van der Waals surface area contributed by atoms with Gasteiger partial charge in [0, 0.05) is 28.9 Å². The van der Waals surface area contributed by atoms with Gasteiger partial charge in [-0.15, -0.1) is 0 Å². The number of carbonyl (C=O) groups is 2. The van der Waals surface area contributed by atoms with E-state index in [9.17, 15) is 19.7 Å². The highest BCUT2D eigenvalue weighted by Gasteiger charge is 2.12. The highest BCUT2D eigenvalue weighted by Crippen LogP contribution is 2.16. The third-order valence-corrected chi connectivity index (χ3v) is 3.24. The molecule has 0 atom stereocenters. The SMILES string of the molecule is CN(C)CC(=O)c1ccc(NC(=O)c2cccc([N+](=O)[O-])c2)cc1. The number of nitro benzene ring substituents is 1. The van der Waals surface area contributed by atoms with Crippen LogP contribution >= 0.6 is 0 Å². The van der Waals surface area contributed by atoms with Crippen LogP contribution in [-0.4, -0.2) is 42.2 Å². The molecule has 0 aromatic heterocycles. The fourth-order valence-corrected chi connectivity index (χ4v) is 2.08. The molecule has 24 heavy (non-hydrogen) atoms. The predicted molar refractivity (Wildman–Crippen MR) is 90.4 cm³/mol. The molecule has 124 valence electrons. The third-order valence-electron chi connectivity index (χ3n) is 3.24. The molecule has 2 aromatic rings. The van der Waals surface area contributed by atoms with Crippen LogP contribution in [0.15, 0.2) is 48.5 Å². The van der Waals surface area contributed by atoms with Crippen LogP contribution in [0.5, 0.6) is 0 Å². The normalized spacial score (nSPS) is 10.5. The number of hydrogen-bond donors (Lipinski definition) is 1. The van der Waals surface area contributed by atoms with E-state index in [1.807, 2.05) is 14.1 Å². The summed E-state index contributed by atoms with van der Waals surface area (Å²) in [7, 11) is 3.62. The Labute approximate surface area is 139 Å². The van der Waals surface area contributed by atoms with Gasteiger partial charge < -0.3 is 10.2 Å². The second-order valence-corrected chi connectivity index (χ2v) is 5.50. The van der Waals surface area contributed by atoms with E-state index in [2.05, 4.69) is 5.32 Å². The molecule has 0 aliphatic carbocycles. The fourth-order valence-electron chi connectivity index (χ4n) is 2.08. The first-order chi connectivity index (χ1) is 11.4. The molecule has 0 heterocycles. The van der Waals surface area contributed by atoms with E-state index in [1.54, 1.807) is 29.2 Å². The molecule has 0 radical (unpaired) electrons. The van der Waals surface area contributed by atoms with Crippen molar-refractivity contribution in [2.75, 3.05) is 26.0 Å². The Morgan fingerprint density at radius 3 is 2.33 bits per heavy atom. The Morgan fingerprint density at radius 1 is 1.08 bits per heavy atom. The maximum absolute atomic E-state index is 12.1. The van der Waals surface area contributed by atoms with Crippen molar-refractivity contribution in [2.45, 2.75) is 0 Å². The maximum atomic E-state index is 12.1. The monoisotopic (exact) mass is 327 g/mol. The average Bonchev–Trinajstić information content (AvgIpc) is 2.55. The second kappa shape index (κ2) is 7.47. The second-order valence-electron chi connectivity index (χ2n) is 5.50. The molecule has 0 saturated heterocycles. The van der Waals surface area contributed by atoms with Crippen molar-refractivity contribution < 1.29 is 14.5 Å². The molecule has 0 fully saturated rings. The van der Waals surface area contributed by atoms with E-state index in [0.29, 0.717) is 17.8 Å². The Bertz CT molecular complexity index is 770. The predicted octanol–water partition coefficient (Wildman–Crippen LogP) is 2.59. The summed E-state index contributed by atoms with van der Waals surface area (Å²) < 4.78 is 0. The van der Waals surface area contributed by atoms with Crippen molar-refractivity contribution in [1.29, 1.82) is 0 Å². The Morgan fingerprint density at radius 2 is 1.75 bits per heavy atom. The average molecular weight is 327 g/mol. The summed E-state index contributed by atoms with van der Waals surface area (Å²) in [5.74, 6) is -0.470. The topological polar surface area (TPSA) is 92.6 Å². The molecule has 1 N–H and O–H groups in total. The van der Waals surface area contributed by atoms with Gasteiger partial charge in [0.15, 0.2) is 5.78 Å². The number of ketones is 1. The van der Waals surface area contributed by atoms with E-state index >= 15 is 0 Å². The van der Waals surface area contributed by atoms with Crippen LogP contribution in [0.1, 0.15) is 20.7 Å². The molecule has 1 amide bonds. The van der Waals surface area contributed by atoms with Gasteiger partial charge in [-0.3, -0.25) is 19.7 Å². The number of nitrogens with zero attached hydrogens (tertiary/aromatic N) is 2. The summed E-state index contributed by atoms with van der Waals surface area (Å²) in [6, 6.07) is 12.0. The minimum absolute atomic E-state index is 0.0171. The number of rotatable bonds is 6. The number of amides is 1. The number of non-ortho nitro benzene ring substituents is 1. The summed E-state index contributed by atoms with van der Waals surface area (Å²) in [5, 5.41) is 13.4. The number of anilines is 1. The van der Waals surface area contributed by atoms with Gasteiger partial charge in [-0.05, 0) is 44.4 Å². The largest absolute Gasteiger partial charge is 0.322 e. The molecular weight excluding hydrogens is 310 g/mol. The molecule has 2 aromatic carbocycles. The minimum atomic E-state index is -0.554. The number of carbonyl (C=O) groups excluding carboxylic acids is 2. The van der Waals surface area contributed by atoms with E-state index in [4.69, 9.17) is 0 Å². The number of benzene rings is 2. The molecule has 0 aliphatic rings. The summed E-state index contributed by atoms with van der Waals surface area (Å²) in [5.41, 5.74) is 1.11. The van der Waals surface area contributed by atoms with Crippen LogP contribution < -0.4 is 5.32 Å². The highest BCUT2D eigenvalue weighted by atomic mass is 16.6. The minimum Gasteiger partial charge on any atom is -0.322 e. The van der Waals surface area contributed by atoms with Crippen LogP contribution in [-0.2, 0) is 0 Å². The molecular formula is C17H17N3O4. The number of nitrogens with one attached hydrogen (secondary N) is 1. The number of likely N-dealkylation sites (N-methyl/N-ethyl adjacent to an activating group) is 1. The Kier molecular flexibility index (Phi) is 5.39. The van der Waals surface area contributed by atoms with Gasteiger partial charge in [-0.1, -0.05) is 6.07 Å². The third kappa shape index (κ3) is 4.47. The molecule has 7 nitrogen and oxygen atoms in total. The summed E-state index contributed by atoms with van der Waals surface area (Å²) in [4.78, 5) is 36.0. The van der Waals surface area contributed by atoms with Crippen molar-refractivity contribution in [3.8, 4) is 0 Å². The molecule has 0 unspecified atom stereocenters. The molecule has 7 heteroatoms. The lowest BCUT2D eigenvalue weighted by Crippen LogP contribution is -2.21. The molecule has 0 aliphatic heterocycles. The van der Waals surface area contributed by atoms with Crippen molar-refractivity contribution in [1.82, 2.24) is 4.90 Å². The summed E-state index contributed by atoms with van der Waals surface area (Å²) >= 11 is 0. The number of hydrogen-bond acceptors (Lipinski definition) is 5. The van der Waals surface area contributed by atoms with Crippen LogP contribution in [0.3, 0.4) is 0 Å². The van der Waals surface area contributed by atoms with E-state index in [1.165, 1.54) is 24.3 Å². The lowest BCUT2D eigenvalue weighted by Gasteiger charge is -2.09. The summed E-state index contributed by atoms with van der Waals surface area (Å²) in [6.45, 7) is 0.305. The fraction of sp³-hybridized carbons (Fsp3) is 0.176. The zero-order chi connectivity index (χ0) is 17.7. The standard InChI is InChI=1S/C17H17N3O4/c1-19(2)11-16(21)12-6-8-14(9-7-12)18-17(22)13-4-3-5-15(10-13)20(23)24/h3-10H,11H2,1-2H3,(H,18,22). The molecule has 0 saturated carbocycles. The van der Waals surface area contributed by atoms with Gasteiger partial charge in [-0.2, -0.15) is 0 Å². The van der Waals surface area contributed by atoms with Gasteiger partial charge in [0.05, 0.1) is 11.5 Å². The van der Waals surface area contributed by atoms with Crippen molar-refractivity contribution in [3.05, 3.63) is 69.8 Å². The van der Waals surface area contributed by atoms with Gasteiger partial charge in [-0.25, -0.2) is 0 Å². The van der Waals surface area contributed by atoms with E-state index in [-0.39, 0.29) is 17.0 Å². The summed E-state index contributed by atoms with van der Waals surface area (Å²) in [6.07, 6.45) is 0. The molecule has 0 bridgehead atoms. The van der Waals surface area contributed by atoms with Gasteiger partial charge >= 0.3 is 0 Å². The Balaban J connectivity index is 2.08. The molecule has 0 spiro atoms. The lowest BCUT2D eigenvalue weighted by molar-refractivity contribution is -0.384. The molecule has 2 rings (SSSR count). The first-order valence-corrected chi connectivity index (χ1v) is 7.20. The van der Waals surface area contributed by atoms with Crippen molar-refractivity contribution >= 4 is 23.1 Å². The smallest absolute Gasteiger partial charge is 0.270 e. The van der Waals surface area contributed by atoms with E-state index in [0.717, 1.165) is 0 Å². The van der Waals surface area contributed by atoms with Crippen LogP contribution in [0.4, 0.5) is 11.4 Å². The lowest BCUT2D eigenvalue weighted by atomic mass is 10.1. The van der Waals surface area contributed by atoms with Gasteiger partial charge in [0.25, 0.3) is 11.6 Å². The zero-order valence-electron chi connectivity index (χ0n) is 13.4. The van der Waals surface area contributed by atoms with Crippen LogP contribution in [0.2, 0.25) is 0 Å². The van der Waals surface area contributed by atoms with Crippen molar-refractivity contribution in [2.24, 2.45) is 0 Å². The Hall–Kier alpha value is -3.06. The maximum Gasteiger partial charge on any atom is 0.270 e. The number of Topliss-reactive ketones (excluding diaryl/α,β-unsaturated/α-hetero) is 1. The zero-order valence-corrected chi connectivity index (χ0v) is 13.4.